The van der Waals surface area contributed by atoms with Crippen LogP contribution < -0.4 is 5.32 Å². The Labute approximate surface area is 152 Å². The van der Waals surface area contributed by atoms with E-state index in [4.69, 9.17) is 0 Å². The molecule has 0 aliphatic carbocycles. The van der Waals surface area contributed by atoms with Crippen LogP contribution in [0, 0.1) is 12.7 Å². The van der Waals surface area contributed by atoms with Crippen molar-refractivity contribution in [3.63, 3.8) is 0 Å². The van der Waals surface area contributed by atoms with Gasteiger partial charge < -0.3 is 15.3 Å². The molecule has 0 spiro atoms. The highest BCUT2D eigenvalue weighted by molar-refractivity contribution is 5.74. The lowest BCUT2D eigenvalue weighted by Crippen LogP contribution is -2.50. The number of halogens is 1. The van der Waals surface area contributed by atoms with Crippen molar-refractivity contribution in [3.8, 4) is 0 Å². The van der Waals surface area contributed by atoms with E-state index in [1.807, 2.05) is 20.0 Å². The van der Waals surface area contributed by atoms with Gasteiger partial charge in [0.15, 0.2) is 0 Å². The first-order valence-electron chi connectivity index (χ1n) is 8.84. The molecular weight excluding hydrogens is 335 g/mol. The summed E-state index contributed by atoms with van der Waals surface area (Å²) < 4.78 is 15.6. The maximum absolute atomic E-state index is 13.8. The molecule has 2 aromatic rings. The minimum absolute atomic E-state index is 0.156. The number of urea groups is 1. The molecule has 2 amide bonds. The summed E-state index contributed by atoms with van der Waals surface area (Å²) in [6.45, 7) is 3.21. The average Bonchev–Trinajstić information content (AvgIpc) is 2.93. The third-order valence-corrected chi connectivity index (χ3v) is 4.98. The standard InChI is InChI=1S/C19H25FN4O2/c1-14-11-16(23(2)22-14)13-21-18(25)24-9-7-19(26,8-10-24)12-15-5-3-4-6-17(15)20/h3-6,11,26H,7-10,12-13H2,1-2H3,(H,21,25). The van der Waals surface area contributed by atoms with Gasteiger partial charge in [-0.1, -0.05) is 18.2 Å². The molecule has 0 saturated carbocycles. The predicted molar refractivity (Wildman–Crippen MR) is 96.0 cm³/mol. The van der Waals surface area contributed by atoms with Crippen LogP contribution in [0.4, 0.5) is 9.18 Å². The molecule has 1 aromatic heterocycles. The van der Waals surface area contributed by atoms with Crippen LogP contribution in [0.1, 0.15) is 29.8 Å². The fourth-order valence-corrected chi connectivity index (χ4v) is 3.41. The van der Waals surface area contributed by atoms with Gasteiger partial charge in [-0.25, -0.2) is 9.18 Å². The molecule has 1 aliphatic rings. The number of likely N-dealkylation sites (tertiary alicyclic amines) is 1. The molecule has 26 heavy (non-hydrogen) atoms. The molecule has 1 aromatic carbocycles. The average molecular weight is 360 g/mol. The number of hydrogen-bond acceptors (Lipinski definition) is 3. The van der Waals surface area contributed by atoms with Crippen LogP contribution in [0.25, 0.3) is 0 Å². The number of hydrogen-bond donors (Lipinski definition) is 2. The molecule has 2 N–H and O–H groups in total. The van der Waals surface area contributed by atoms with Crippen molar-refractivity contribution in [2.75, 3.05) is 13.1 Å². The summed E-state index contributed by atoms with van der Waals surface area (Å²) in [4.78, 5) is 14.0. The highest BCUT2D eigenvalue weighted by atomic mass is 19.1. The Bertz CT molecular complexity index is 782. The third kappa shape index (κ3) is 4.22. The number of carbonyl (C=O) groups is 1. The lowest BCUT2D eigenvalue weighted by Gasteiger charge is -2.38. The zero-order chi connectivity index (χ0) is 18.7. The highest BCUT2D eigenvalue weighted by Crippen LogP contribution is 2.27. The third-order valence-electron chi connectivity index (χ3n) is 4.98. The van der Waals surface area contributed by atoms with Crippen molar-refractivity contribution < 1.29 is 14.3 Å². The summed E-state index contributed by atoms with van der Waals surface area (Å²) in [5.41, 5.74) is 1.38. The van der Waals surface area contributed by atoms with Gasteiger partial charge in [0.2, 0.25) is 0 Å². The van der Waals surface area contributed by atoms with Gasteiger partial charge >= 0.3 is 6.03 Å². The van der Waals surface area contributed by atoms with E-state index in [1.54, 1.807) is 27.8 Å². The molecule has 1 aliphatic heterocycles. The first-order valence-corrected chi connectivity index (χ1v) is 8.84. The number of piperidine rings is 1. The van der Waals surface area contributed by atoms with Crippen molar-refractivity contribution in [1.29, 1.82) is 0 Å². The monoisotopic (exact) mass is 360 g/mol. The Balaban J connectivity index is 1.52. The Kier molecular flexibility index (Phi) is 5.27. The van der Waals surface area contributed by atoms with E-state index in [-0.39, 0.29) is 18.3 Å². The molecule has 3 rings (SSSR count). The van der Waals surface area contributed by atoms with E-state index in [0.29, 0.717) is 38.0 Å². The van der Waals surface area contributed by atoms with Gasteiger partial charge in [-0.05, 0) is 37.5 Å². The molecule has 0 bridgehead atoms. The summed E-state index contributed by atoms with van der Waals surface area (Å²) in [5, 5.41) is 17.9. The molecule has 1 saturated heterocycles. The minimum Gasteiger partial charge on any atom is -0.389 e. The van der Waals surface area contributed by atoms with Gasteiger partial charge in [-0.15, -0.1) is 0 Å². The SMILES string of the molecule is Cc1cc(CNC(=O)N2CCC(O)(Cc3ccccc3F)CC2)n(C)n1. The number of nitrogens with zero attached hydrogens (tertiary/aromatic N) is 3. The molecule has 1 fully saturated rings. The number of aryl methyl sites for hydroxylation is 2. The van der Waals surface area contributed by atoms with Gasteiger partial charge in [0.05, 0.1) is 23.5 Å². The van der Waals surface area contributed by atoms with Crippen molar-refractivity contribution in [3.05, 3.63) is 53.1 Å². The van der Waals surface area contributed by atoms with Crippen LogP contribution in [0.5, 0.6) is 0 Å². The number of nitrogens with one attached hydrogen (secondary N) is 1. The number of benzene rings is 1. The fraction of sp³-hybridized carbons (Fsp3) is 0.474. The summed E-state index contributed by atoms with van der Waals surface area (Å²) in [6, 6.07) is 8.29. The largest absolute Gasteiger partial charge is 0.389 e. The van der Waals surface area contributed by atoms with Crippen LogP contribution >= 0.6 is 0 Å². The second kappa shape index (κ2) is 7.45. The number of rotatable bonds is 4. The van der Waals surface area contributed by atoms with Crippen LogP contribution in [0.3, 0.4) is 0 Å². The number of amides is 2. The van der Waals surface area contributed by atoms with Crippen LogP contribution in [0.15, 0.2) is 30.3 Å². The zero-order valence-electron chi connectivity index (χ0n) is 15.2. The van der Waals surface area contributed by atoms with Crippen molar-refractivity contribution in [2.24, 2.45) is 7.05 Å². The Morgan fingerprint density at radius 2 is 2.04 bits per heavy atom. The second-order valence-electron chi connectivity index (χ2n) is 7.04. The van der Waals surface area contributed by atoms with Gasteiger partial charge in [-0.3, -0.25) is 4.68 Å². The van der Waals surface area contributed by atoms with Crippen LogP contribution in [0.2, 0.25) is 0 Å². The van der Waals surface area contributed by atoms with Crippen LogP contribution in [-0.2, 0) is 20.0 Å². The Hall–Kier alpha value is -2.41. The van der Waals surface area contributed by atoms with Crippen LogP contribution in [-0.4, -0.2) is 44.5 Å². The lowest BCUT2D eigenvalue weighted by molar-refractivity contribution is -0.0122. The second-order valence-corrected chi connectivity index (χ2v) is 7.04. The van der Waals surface area contributed by atoms with E-state index >= 15 is 0 Å². The summed E-state index contributed by atoms with van der Waals surface area (Å²) in [5.74, 6) is -0.299. The molecule has 7 heteroatoms. The van der Waals surface area contributed by atoms with E-state index < -0.39 is 5.60 Å². The number of aromatic nitrogens is 2. The zero-order valence-corrected chi connectivity index (χ0v) is 15.2. The van der Waals surface area contributed by atoms with E-state index in [2.05, 4.69) is 10.4 Å². The van der Waals surface area contributed by atoms with E-state index in [9.17, 15) is 14.3 Å². The number of carbonyl (C=O) groups excluding carboxylic acids is 1. The molecule has 0 unspecified atom stereocenters. The maximum Gasteiger partial charge on any atom is 0.317 e. The molecule has 2 heterocycles. The topological polar surface area (TPSA) is 70.4 Å². The summed E-state index contributed by atoms with van der Waals surface area (Å²) >= 11 is 0. The lowest BCUT2D eigenvalue weighted by atomic mass is 9.85. The number of aliphatic hydroxyl groups is 1. The minimum atomic E-state index is -0.974. The van der Waals surface area contributed by atoms with E-state index in [1.165, 1.54) is 6.07 Å². The fourth-order valence-electron chi connectivity index (χ4n) is 3.41. The molecule has 140 valence electrons. The predicted octanol–water partition coefficient (Wildman–Crippen LogP) is 2.15. The Morgan fingerprint density at radius 3 is 2.65 bits per heavy atom. The maximum atomic E-state index is 13.8. The van der Waals surface area contributed by atoms with Gasteiger partial charge in [0.1, 0.15) is 5.82 Å². The molecular formula is C19H25FN4O2. The van der Waals surface area contributed by atoms with Gasteiger partial charge in [-0.2, -0.15) is 5.10 Å². The molecule has 0 atom stereocenters. The van der Waals surface area contributed by atoms with Crippen molar-refractivity contribution in [1.82, 2.24) is 20.0 Å². The quantitative estimate of drug-likeness (QED) is 0.878. The normalized spacial score (nSPS) is 16.5. The smallest absolute Gasteiger partial charge is 0.317 e. The Morgan fingerprint density at radius 1 is 1.35 bits per heavy atom. The van der Waals surface area contributed by atoms with Crippen molar-refractivity contribution in [2.45, 2.75) is 38.3 Å². The molecule has 6 nitrogen and oxygen atoms in total. The first-order chi connectivity index (χ1) is 12.4. The summed E-state index contributed by atoms with van der Waals surface area (Å²) in [7, 11) is 1.85. The highest BCUT2D eigenvalue weighted by Gasteiger charge is 2.34. The molecule has 0 radical (unpaired) electrons. The van der Waals surface area contributed by atoms with E-state index in [0.717, 1.165) is 11.4 Å². The summed E-state index contributed by atoms with van der Waals surface area (Å²) in [6.07, 6.45) is 1.13. The first kappa shape index (κ1) is 18.4. The van der Waals surface area contributed by atoms with Gasteiger partial charge in [0.25, 0.3) is 0 Å². The van der Waals surface area contributed by atoms with Crippen molar-refractivity contribution >= 4 is 6.03 Å². The van der Waals surface area contributed by atoms with Gasteiger partial charge in [0, 0.05) is 26.6 Å².